The summed E-state index contributed by atoms with van der Waals surface area (Å²) in [6, 6.07) is 9.62. The fourth-order valence-electron chi connectivity index (χ4n) is 2.19. The second kappa shape index (κ2) is 5.05. The minimum atomic E-state index is -1.20. The van der Waals surface area contributed by atoms with Crippen LogP contribution < -0.4 is 5.32 Å². The van der Waals surface area contributed by atoms with Gasteiger partial charge in [0.2, 0.25) is 5.91 Å². The third-order valence-electron chi connectivity index (χ3n) is 3.70. The smallest absolute Gasteiger partial charge is 0.319 e. The van der Waals surface area contributed by atoms with Crippen LogP contribution in [0.15, 0.2) is 42.7 Å². The van der Waals surface area contributed by atoms with Gasteiger partial charge in [-0.15, -0.1) is 0 Å². The molecule has 21 heavy (non-hydrogen) atoms. The number of carbonyl (C=O) groups excluding carboxylic acids is 1. The van der Waals surface area contributed by atoms with E-state index in [4.69, 9.17) is 5.11 Å². The van der Waals surface area contributed by atoms with Crippen molar-refractivity contribution in [2.45, 2.75) is 19.4 Å². The molecule has 1 aliphatic carbocycles. The van der Waals surface area contributed by atoms with Crippen molar-refractivity contribution < 1.29 is 14.7 Å². The monoisotopic (exact) mass is 285 g/mol. The quantitative estimate of drug-likeness (QED) is 0.812. The van der Waals surface area contributed by atoms with Gasteiger partial charge in [0, 0.05) is 18.3 Å². The molecule has 1 amide bonds. The number of aliphatic carboxylic acids is 1. The molecule has 1 fully saturated rings. The Labute approximate surface area is 121 Å². The third-order valence-corrected chi connectivity index (χ3v) is 3.70. The van der Waals surface area contributed by atoms with Gasteiger partial charge < -0.3 is 10.4 Å². The van der Waals surface area contributed by atoms with Gasteiger partial charge >= 0.3 is 5.97 Å². The zero-order valence-electron chi connectivity index (χ0n) is 11.3. The van der Waals surface area contributed by atoms with Crippen molar-refractivity contribution in [2.75, 3.05) is 0 Å². The third kappa shape index (κ3) is 2.52. The minimum absolute atomic E-state index is 0.278. The first-order valence-electron chi connectivity index (χ1n) is 6.72. The summed E-state index contributed by atoms with van der Waals surface area (Å²) < 4.78 is 1.71. The summed E-state index contributed by atoms with van der Waals surface area (Å²) in [5.74, 6) is -1.46. The number of amides is 1. The summed E-state index contributed by atoms with van der Waals surface area (Å²) in [5, 5.41) is 15.9. The number of nitrogens with one attached hydrogen (secondary N) is 1. The number of hydrogen-bond donors (Lipinski definition) is 2. The van der Waals surface area contributed by atoms with Crippen LogP contribution in [0.2, 0.25) is 0 Å². The first-order valence-corrected chi connectivity index (χ1v) is 6.72. The number of nitrogens with zero attached hydrogens (tertiary/aromatic N) is 2. The van der Waals surface area contributed by atoms with Crippen LogP contribution in [0.3, 0.4) is 0 Å². The molecule has 0 spiro atoms. The molecule has 6 nitrogen and oxygen atoms in total. The van der Waals surface area contributed by atoms with Crippen molar-refractivity contribution in [2.24, 2.45) is 5.41 Å². The highest BCUT2D eigenvalue weighted by atomic mass is 16.4. The molecule has 1 aromatic heterocycles. The number of carbonyl (C=O) groups is 2. The number of hydrogen-bond acceptors (Lipinski definition) is 3. The molecule has 0 bridgehead atoms. The van der Waals surface area contributed by atoms with Gasteiger partial charge in [-0.3, -0.25) is 9.59 Å². The van der Waals surface area contributed by atoms with Gasteiger partial charge in [0.25, 0.3) is 0 Å². The van der Waals surface area contributed by atoms with Crippen LogP contribution in [0.5, 0.6) is 0 Å². The van der Waals surface area contributed by atoms with E-state index in [0.717, 1.165) is 11.3 Å². The zero-order chi connectivity index (χ0) is 14.9. The fraction of sp³-hybridized carbons (Fsp3) is 0.267. The van der Waals surface area contributed by atoms with Crippen molar-refractivity contribution in [1.29, 1.82) is 0 Å². The van der Waals surface area contributed by atoms with Crippen molar-refractivity contribution in [1.82, 2.24) is 15.1 Å². The van der Waals surface area contributed by atoms with Crippen LogP contribution in [-0.2, 0) is 16.1 Å². The largest absolute Gasteiger partial charge is 0.480 e. The molecule has 2 aromatic rings. The van der Waals surface area contributed by atoms with Crippen LogP contribution in [0.25, 0.3) is 5.69 Å². The predicted octanol–water partition coefficient (Wildman–Crippen LogP) is 1.35. The van der Waals surface area contributed by atoms with E-state index < -0.39 is 17.3 Å². The molecule has 1 heterocycles. The van der Waals surface area contributed by atoms with Crippen LogP contribution in [-0.4, -0.2) is 26.8 Å². The van der Waals surface area contributed by atoms with E-state index in [2.05, 4.69) is 10.4 Å². The topological polar surface area (TPSA) is 84.2 Å². The Morgan fingerprint density at radius 1 is 1.29 bits per heavy atom. The van der Waals surface area contributed by atoms with Gasteiger partial charge in [-0.1, -0.05) is 18.2 Å². The van der Waals surface area contributed by atoms with Gasteiger partial charge in [-0.05, 0) is 25.0 Å². The second-order valence-corrected chi connectivity index (χ2v) is 5.20. The maximum Gasteiger partial charge on any atom is 0.319 e. The van der Waals surface area contributed by atoms with Crippen LogP contribution >= 0.6 is 0 Å². The second-order valence-electron chi connectivity index (χ2n) is 5.20. The Bertz CT molecular complexity index is 674. The summed E-state index contributed by atoms with van der Waals surface area (Å²) in [5.41, 5.74) is 0.558. The Kier molecular flexibility index (Phi) is 3.21. The van der Waals surface area contributed by atoms with E-state index in [-0.39, 0.29) is 6.54 Å². The van der Waals surface area contributed by atoms with Crippen molar-refractivity contribution in [3.63, 3.8) is 0 Å². The number of carboxylic acid groups (broad SMARTS) is 1. The SMILES string of the molecule is O=C(O)C1(C(=O)NCc2cnn(-c3ccccc3)c2)CC1. The van der Waals surface area contributed by atoms with Gasteiger partial charge in [-0.2, -0.15) is 5.10 Å². The predicted molar refractivity (Wildman–Crippen MR) is 74.7 cm³/mol. The maximum atomic E-state index is 11.9. The van der Waals surface area contributed by atoms with Crippen LogP contribution in [0.1, 0.15) is 18.4 Å². The van der Waals surface area contributed by atoms with Gasteiger partial charge in [0.05, 0.1) is 11.9 Å². The maximum absolute atomic E-state index is 11.9. The lowest BCUT2D eigenvalue weighted by Crippen LogP contribution is -2.36. The number of para-hydroxylation sites is 1. The Hall–Kier alpha value is -2.63. The van der Waals surface area contributed by atoms with E-state index in [1.807, 2.05) is 36.5 Å². The molecule has 0 atom stereocenters. The molecule has 0 radical (unpaired) electrons. The Balaban J connectivity index is 1.64. The molecule has 1 saturated carbocycles. The molecular formula is C15H15N3O3. The normalized spacial score (nSPS) is 15.4. The first-order chi connectivity index (χ1) is 10.1. The summed E-state index contributed by atoms with van der Waals surface area (Å²) in [4.78, 5) is 22.9. The first kappa shape index (κ1) is 13.4. The molecule has 0 saturated heterocycles. The Morgan fingerprint density at radius 2 is 2.00 bits per heavy atom. The van der Waals surface area contributed by atoms with E-state index in [0.29, 0.717) is 12.8 Å². The van der Waals surface area contributed by atoms with E-state index in [1.54, 1.807) is 10.9 Å². The van der Waals surface area contributed by atoms with Crippen LogP contribution in [0.4, 0.5) is 0 Å². The van der Waals surface area contributed by atoms with E-state index in [9.17, 15) is 9.59 Å². The van der Waals surface area contributed by atoms with Gasteiger partial charge in [0.15, 0.2) is 0 Å². The number of rotatable bonds is 5. The molecule has 3 rings (SSSR count). The minimum Gasteiger partial charge on any atom is -0.480 e. The van der Waals surface area contributed by atoms with Crippen LogP contribution in [0, 0.1) is 5.41 Å². The lowest BCUT2D eigenvalue weighted by molar-refractivity contribution is -0.149. The molecule has 6 heteroatoms. The molecule has 1 aliphatic rings. The van der Waals surface area contributed by atoms with E-state index >= 15 is 0 Å². The van der Waals surface area contributed by atoms with E-state index in [1.165, 1.54) is 0 Å². The number of benzene rings is 1. The zero-order valence-corrected chi connectivity index (χ0v) is 11.3. The highest BCUT2D eigenvalue weighted by Crippen LogP contribution is 2.46. The molecule has 108 valence electrons. The van der Waals surface area contributed by atoms with Crippen molar-refractivity contribution >= 4 is 11.9 Å². The highest BCUT2D eigenvalue weighted by molar-refractivity contribution is 6.04. The molecule has 0 aliphatic heterocycles. The summed E-state index contributed by atoms with van der Waals surface area (Å²) >= 11 is 0. The highest BCUT2D eigenvalue weighted by Gasteiger charge is 2.56. The lowest BCUT2D eigenvalue weighted by atomic mass is 10.1. The molecule has 1 aromatic carbocycles. The Morgan fingerprint density at radius 3 is 2.62 bits per heavy atom. The summed E-state index contributed by atoms with van der Waals surface area (Å²) in [6.45, 7) is 0.278. The average molecular weight is 285 g/mol. The molecule has 2 N–H and O–H groups in total. The molecule has 0 unspecified atom stereocenters. The van der Waals surface area contributed by atoms with Gasteiger partial charge in [0.1, 0.15) is 5.41 Å². The standard InChI is InChI=1S/C15H15N3O3/c19-13(15(6-7-15)14(20)21)16-8-11-9-17-18(10-11)12-4-2-1-3-5-12/h1-5,9-10H,6-8H2,(H,16,19)(H,20,21). The summed E-state index contributed by atoms with van der Waals surface area (Å²) in [7, 11) is 0. The summed E-state index contributed by atoms with van der Waals surface area (Å²) in [6.07, 6.45) is 4.30. The fourth-order valence-corrected chi connectivity index (χ4v) is 2.19. The number of aromatic nitrogens is 2. The lowest BCUT2D eigenvalue weighted by Gasteiger charge is -2.09. The number of carboxylic acids is 1. The average Bonchev–Trinajstić information content (AvgIpc) is 3.19. The molecular weight excluding hydrogens is 270 g/mol. The van der Waals surface area contributed by atoms with Crippen molar-refractivity contribution in [3.05, 3.63) is 48.3 Å². The van der Waals surface area contributed by atoms with Crippen molar-refractivity contribution in [3.8, 4) is 5.69 Å². The van der Waals surface area contributed by atoms with Gasteiger partial charge in [-0.25, -0.2) is 4.68 Å².